The van der Waals surface area contributed by atoms with Crippen molar-refractivity contribution in [3.8, 4) is 0 Å². The van der Waals surface area contributed by atoms with Gasteiger partial charge in [-0.3, -0.25) is 24.1 Å². The second-order valence-corrected chi connectivity index (χ2v) is 7.88. The Bertz CT molecular complexity index is 1050. The molecule has 2 aliphatic rings. The van der Waals surface area contributed by atoms with Gasteiger partial charge in [0.25, 0.3) is 17.7 Å². The number of likely N-dealkylation sites (tertiary alicyclic amines) is 1. The van der Waals surface area contributed by atoms with Crippen LogP contribution in [0.25, 0.3) is 0 Å². The maximum absolute atomic E-state index is 13.2. The molecular formula is C24H25N3O5. The number of amides is 4. The Hall–Kier alpha value is -3.52. The van der Waals surface area contributed by atoms with Gasteiger partial charge in [-0.15, -0.1) is 0 Å². The molecule has 1 saturated heterocycles. The molecule has 0 radical (unpaired) electrons. The molecule has 2 heterocycles. The van der Waals surface area contributed by atoms with E-state index >= 15 is 0 Å². The van der Waals surface area contributed by atoms with E-state index in [1.165, 1.54) is 21.9 Å². The maximum Gasteiger partial charge on any atom is 0.261 e. The molecule has 1 atom stereocenters. The van der Waals surface area contributed by atoms with Crippen LogP contribution in [0.3, 0.4) is 0 Å². The van der Waals surface area contributed by atoms with Crippen LogP contribution in [-0.2, 0) is 9.53 Å². The highest BCUT2D eigenvalue weighted by atomic mass is 16.5. The molecule has 8 heteroatoms. The van der Waals surface area contributed by atoms with E-state index in [2.05, 4.69) is 5.32 Å². The van der Waals surface area contributed by atoms with E-state index in [0.29, 0.717) is 49.2 Å². The van der Waals surface area contributed by atoms with E-state index in [9.17, 15) is 19.2 Å². The second kappa shape index (κ2) is 9.32. The number of hydrogen-bond donors (Lipinski definition) is 1. The molecule has 0 bridgehead atoms. The second-order valence-electron chi connectivity index (χ2n) is 7.88. The number of ether oxygens (including phenoxy) is 1. The number of nitrogens with one attached hydrogen (secondary N) is 1. The first-order valence-corrected chi connectivity index (χ1v) is 10.7. The molecule has 2 aromatic rings. The number of nitrogens with zero attached hydrogens (tertiary/aromatic N) is 2. The molecule has 8 nitrogen and oxygen atoms in total. The summed E-state index contributed by atoms with van der Waals surface area (Å²) in [4.78, 5) is 54.0. The minimum atomic E-state index is -0.584. The molecule has 0 saturated carbocycles. The van der Waals surface area contributed by atoms with Gasteiger partial charge in [-0.25, -0.2) is 0 Å². The van der Waals surface area contributed by atoms with Gasteiger partial charge in [0.15, 0.2) is 0 Å². The molecule has 166 valence electrons. The summed E-state index contributed by atoms with van der Waals surface area (Å²) in [5.74, 6) is -1.33. The molecule has 0 aliphatic carbocycles. The lowest BCUT2D eigenvalue weighted by atomic mass is 10.0. The first-order chi connectivity index (χ1) is 15.5. The third-order valence-electron chi connectivity index (χ3n) is 5.81. The van der Waals surface area contributed by atoms with Gasteiger partial charge < -0.3 is 15.0 Å². The highest BCUT2D eigenvalue weighted by molar-refractivity contribution is 6.22. The van der Waals surface area contributed by atoms with Crippen molar-refractivity contribution in [2.24, 2.45) is 0 Å². The van der Waals surface area contributed by atoms with Gasteiger partial charge in [0.05, 0.1) is 11.1 Å². The zero-order valence-corrected chi connectivity index (χ0v) is 17.9. The van der Waals surface area contributed by atoms with E-state index < -0.39 is 11.9 Å². The monoisotopic (exact) mass is 435 g/mol. The number of carbonyl (C=O) groups excluding carboxylic acids is 4. The van der Waals surface area contributed by atoms with Gasteiger partial charge in [-0.05, 0) is 49.6 Å². The van der Waals surface area contributed by atoms with Crippen molar-refractivity contribution in [1.82, 2.24) is 9.80 Å². The highest BCUT2D eigenvalue weighted by Gasteiger charge is 2.38. The Morgan fingerprint density at radius 1 is 1.06 bits per heavy atom. The zero-order valence-electron chi connectivity index (χ0n) is 17.9. The molecule has 2 aromatic carbocycles. The minimum absolute atomic E-state index is 0.225. The van der Waals surface area contributed by atoms with Gasteiger partial charge >= 0.3 is 0 Å². The van der Waals surface area contributed by atoms with Crippen LogP contribution in [-0.4, -0.2) is 66.3 Å². The predicted octanol–water partition coefficient (Wildman–Crippen LogP) is 2.56. The molecule has 4 rings (SSSR count). The quantitative estimate of drug-likeness (QED) is 0.533. The lowest BCUT2D eigenvalue weighted by Crippen LogP contribution is -2.43. The Morgan fingerprint density at radius 3 is 2.56 bits per heavy atom. The molecule has 32 heavy (non-hydrogen) atoms. The number of carbonyl (C=O) groups is 4. The maximum atomic E-state index is 13.2. The lowest BCUT2D eigenvalue weighted by Gasteiger charge is -2.24. The van der Waals surface area contributed by atoms with Crippen molar-refractivity contribution in [3.63, 3.8) is 0 Å². The Kier molecular flexibility index (Phi) is 6.32. The van der Waals surface area contributed by atoms with E-state index in [-0.39, 0.29) is 29.8 Å². The summed E-state index contributed by atoms with van der Waals surface area (Å²) in [7, 11) is 1.56. The summed E-state index contributed by atoms with van der Waals surface area (Å²) >= 11 is 0. The molecule has 0 unspecified atom stereocenters. The van der Waals surface area contributed by atoms with Crippen molar-refractivity contribution in [3.05, 3.63) is 65.2 Å². The standard InChI is InChI=1S/C24H25N3O5/c1-32-14-6-13-27-23(30)18-11-10-16(15-19(18)24(27)31)22(29)26-12-5-9-20(26)21(28)25-17-7-3-2-4-8-17/h2-4,7-8,10-11,15,20H,5-6,9,12-14H2,1H3,(H,25,28)/t20-/m0/s1. The summed E-state index contributed by atoms with van der Waals surface area (Å²) in [5.41, 5.74) is 1.49. The van der Waals surface area contributed by atoms with Crippen molar-refractivity contribution < 1.29 is 23.9 Å². The SMILES string of the molecule is COCCCN1C(=O)c2ccc(C(=O)N3CCC[C@H]3C(=O)Nc3ccccc3)cc2C1=O. The van der Waals surface area contributed by atoms with Gasteiger partial charge in [-0.2, -0.15) is 0 Å². The highest BCUT2D eigenvalue weighted by Crippen LogP contribution is 2.27. The molecule has 1 fully saturated rings. The van der Waals surface area contributed by atoms with Crippen LogP contribution in [0.1, 0.15) is 50.3 Å². The summed E-state index contributed by atoms with van der Waals surface area (Å²) in [6.45, 7) is 1.16. The van der Waals surface area contributed by atoms with E-state index in [1.54, 1.807) is 25.3 Å². The Balaban J connectivity index is 1.50. The number of para-hydroxylation sites is 1. The molecular weight excluding hydrogens is 410 g/mol. The van der Waals surface area contributed by atoms with Gasteiger partial charge in [-0.1, -0.05) is 18.2 Å². The fraction of sp³-hybridized carbons (Fsp3) is 0.333. The van der Waals surface area contributed by atoms with Crippen LogP contribution >= 0.6 is 0 Å². The van der Waals surface area contributed by atoms with Gasteiger partial charge in [0, 0.05) is 38.1 Å². The molecule has 2 aliphatic heterocycles. The van der Waals surface area contributed by atoms with Crippen molar-refractivity contribution in [2.45, 2.75) is 25.3 Å². The zero-order chi connectivity index (χ0) is 22.7. The van der Waals surface area contributed by atoms with Crippen LogP contribution in [0.5, 0.6) is 0 Å². The van der Waals surface area contributed by atoms with Crippen molar-refractivity contribution in [1.29, 1.82) is 0 Å². The van der Waals surface area contributed by atoms with Crippen LogP contribution in [0, 0.1) is 0 Å². The van der Waals surface area contributed by atoms with Crippen LogP contribution in [0.2, 0.25) is 0 Å². The van der Waals surface area contributed by atoms with Crippen LogP contribution in [0.4, 0.5) is 5.69 Å². The predicted molar refractivity (Wildman–Crippen MR) is 117 cm³/mol. The van der Waals surface area contributed by atoms with E-state index in [0.717, 1.165) is 0 Å². The normalized spacial score (nSPS) is 17.6. The van der Waals surface area contributed by atoms with E-state index in [1.807, 2.05) is 18.2 Å². The van der Waals surface area contributed by atoms with Crippen molar-refractivity contribution in [2.75, 3.05) is 32.1 Å². The molecule has 0 spiro atoms. The average Bonchev–Trinajstić information content (AvgIpc) is 3.39. The smallest absolute Gasteiger partial charge is 0.261 e. The summed E-state index contributed by atoms with van der Waals surface area (Å²) < 4.78 is 4.99. The van der Waals surface area contributed by atoms with E-state index in [4.69, 9.17) is 4.74 Å². The van der Waals surface area contributed by atoms with Gasteiger partial charge in [0.2, 0.25) is 5.91 Å². The topological polar surface area (TPSA) is 96.0 Å². The summed E-state index contributed by atoms with van der Waals surface area (Å²) in [5, 5.41) is 2.86. The number of hydrogen-bond acceptors (Lipinski definition) is 5. The largest absolute Gasteiger partial charge is 0.385 e. The first-order valence-electron chi connectivity index (χ1n) is 10.7. The third-order valence-corrected chi connectivity index (χ3v) is 5.81. The molecule has 4 amide bonds. The molecule has 1 N–H and O–H groups in total. The lowest BCUT2D eigenvalue weighted by molar-refractivity contribution is -0.119. The minimum Gasteiger partial charge on any atom is -0.385 e. The number of methoxy groups -OCH3 is 1. The Labute approximate surface area is 186 Å². The average molecular weight is 435 g/mol. The van der Waals surface area contributed by atoms with Crippen LogP contribution < -0.4 is 5.32 Å². The number of anilines is 1. The summed E-state index contributed by atoms with van der Waals surface area (Å²) in [6, 6.07) is 13.1. The number of imide groups is 1. The van der Waals surface area contributed by atoms with Crippen LogP contribution in [0.15, 0.2) is 48.5 Å². The van der Waals surface area contributed by atoms with Crippen molar-refractivity contribution >= 4 is 29.3 Å². The number of fused-ring (bicyclic) bond motifs is 1. The van der Waals surface area contributed by atoms with Gasteiger partial charge in [0.1, 0.15) is 6.04 Å². The number of rotatable bonds is 7. The Morgan fingerprint density at radius 2 is 1.81 bits per heavy atom. The fourth-order valence-corrected chi connectivity index (χ4v) is 4.19. The summed E-state index contributed by atoms with van der Waals surface area (Å²) in [6.07, 6.45) is 1.83. The fourth-order valence-electron chi connectivity index (χ4n) is 4.19. The third kappa shape index (κ3) is 4.13. The first kappa shape index (κ1) is 21.7. The number of benzene rings is 2. The molecule has 0 aromatic heterocycles.